The van der Waals surface area contributed by atoms with E-state index in [2.05, 4.69) is 26.0 Å². The highest BCUT2D eigenvalue weighted by Crippen LogP contribution is 2.30. The topological polar surface area (TPSA) is 50.2 Å². The summed E-state index contributed by atoms with van der Waals surface area (Å²) in [6.45, 7) is 0. The van der Waals surface area contributed by atoms with E-state index in [0.717, 1.165) is 15.7 Å². The molecule has 0 aliphatic rings. The number of H-pyrrole nitrogens is 1. The quantitative estimate of drug-likeness (QED) is 0.748. The van der Waals surface area contributed by atoms with Crippen molar-refractivity contribution in [2.75, 3.05) is 0 Å². The number of nitrogens with zero attached hydrogens (tertiary/aromatic N) is 2. The lowest BCUT2D eigenvalue weighted by Crippen LogP contribution is -2.09. The van der Waals surface area contributed by atoms with Crippen molar-refractivity contribution in [3.8, 4) is 11.1 Å². The molecule has 0 aliphatic carbocycles. The smallest absolute Gasteiger partial charge is 0.275 e. The minimum absolute atomic E-state index is 0.175. The van der Waals surface area contributed by atoms with Crippen molar-refractivity contribution in [1.82, 2.24) is 14.6 Å². The summed E-state index contributed by atoms with van der Waals surface area (Å²) in [6, 6.07) is 9.21. The zero-order valence-electron chi connectivity index (χ0n) is 9.02. The van der Waals surface area contributed by atoms with Gasteiger partial charge >= 0.3 is 0 Å². The van der Waals surface area contributed by atoms with E-state index in [1.807, 2.05) is 24.3 Å². The first-order chi connectivity index (χ1) is 8.66. The maximum Gasteiger partial charge on any atom is 0.275 e. The van der Waals surface area contributed by atoms with Gasteiger partial charge in [0.1, 0.15) is 16.4 Å². The Balaban J connectivity index is 2.30. The van der Waals surface area contributed by atoms with Gasteiger partial charge in [-0.3, -0.25) is 4.79 Å². The zero-order valence-corrected chi connectivity index (χ0v) is 11.4. The number of halogens is 2. The van der Waals surface area contributed by atoms with E-state index in [9.17, 15) is 4.79 Å². The molecule has 4 nitrogen and oxygen atoms in total. The van der Waals surface area contributed by atoms with Gasteiger partial charge in [0, 0.05) is 10.6 Å². The van der Waals surface area contributed by atoms with E-state index in [1.165, 1.54) is 6.33 Å². The molecule has 18 heavy (non-hydrogen) atoms. The average Bonchev–Trinajstić information content (AvgIpc) is 2.70. The fourth-order valence-electron chi connectivity index (χ4n) is 1.80. The molecule has 0 fully saturated rings. The van der Waals surface area contributed by atoms with Gasteiger partial charge in [0.25, 0.3) is 5.56 Å². The predicted molar refractivity (Wildman–Crippen MR) is 74.0 cm³/mol. The number of nitrogens with one attached hydrogen (secondary N) is 1. The third-order valence-corrected chi connectivity index (χ3v) is 3.69. The van der Waals surface area contributed by atoms with Crippen molar-refractivity contribution < 1.29 is 0 Å². The van der Waals surface area contributed by atoms with Crippen LogP contribution in [0, 0.1) is 0 Å². The highest BCUT2D eigenvalue weighted by molar-refractivity contribution is 9.10. The van der Waals surface area contributed by atoms with Gasteiger partial charge in [-0.25, -0.2) is 4.52 Å². The molecule has 3 rings (SSSR count). The molecule has 0 radical (unpaired) electrons. The van der Waals surface area contributed by atoms with Gasteiger partial charge in [-0.05, 0) is 39.7 Å². The van der Waals surface area contributed by atoms with Crippen molar-refractivity contribution in [3.05, 3.63) is 56.6 Å². The summed E-state index contributed by atoms with van der Waals surface area (Å²) in [4.78, 5) is 14.2. The van der Waals surface area contributed by atoms with Gasteiger partial charge in [-0.2, -0.15) is 5.10 Å². The van der Waals surface area contributed by atoms with E-state index in [1.54, 1.807) is 10.6 Å². The molecule has 0 bridgehead atoms. The minimum Gasteiger partial charge on any atom is -0.310 e. The molecule has 0 atom stereocenters. The number of aromatic amines is 1. The summed E-state index contributed by atoms with van der Waals surface area (Å²) in [6.07, 6.45) is 1.37. The van der Waals surface area contributed by atoms with Gasteiger partial charge in [0.05, 0.1) is 0 Å². The number of benzene rings is 1. The summed E-state index contributed by atoms with van der Waals surface area (Å²) in [5.41, 5.74) is 2.19. The van der Waals surface area contributed by atoms with Crippen LogP contribution in [0.2, 0.25) is 5.02 Å². The summed E-state index contributed by atoms with van der Waals surface area (Å²) in [7, 11) is 0. The Bertz CT molecular complexity index is 776. The predicted octanol–water partition coefficient (Wildman–Crippen LogP) is 3.11. The molecule has 1 aromatic carbocycles. The molecule has 0 amide bonds. The zero-order chi connectivity index (χ0) is 12.7. The fraction of sp³-hybridized carbons (Fsp3) is 0. The lowest BCUT2D eigenvalue weighted by Gasteiger charge is -1.99. The number of rotatable bonds is 1. The number of aromatic nitrogens is 3. The number of fused-ring (bicyclic) bond motifs is 1. The van der Waals surface area contributed by atoms with Crippen LogP contribution < -0.4 is 5.56 Å². The van der Waals surface area contributed by atoms with Crippen LogP contribution in [0.5, 0.6) is 0 Å². The highest BCUT2D eigenvalue weighted by Gasteiger charge is 2.12. The Kier molecular flexibility index (Phi) is 2.72. The third kappa shape index (κ3) is 1.76. The first kappa shape index (κ1) is 11.5. The standard InChI is InChI=1S/C12H7BrClN3O/c13-11-9(7-1-3-8(14)4-2-7)5-10-12(18)15-6-16-17(10)11/h1-6H,(H,15,16,18). The van der Waals surface area contributed by atoms with Crippen LogP contribution in [-0.2, 0) is 0 Å². The molecule has 1 N–H and O–H groups in total. The fourth-order valence-corrected chi connectivity index (χ4v) is 2.55. The highest BCUT2D eigenvalue weighted by atomic mass is 79.9. The summed E-state index contributed by atoms with van der Waals surface area (Å²) >= 11 is 9.31. The van der Waals surface area contributed by atoms with Crippen LogP contribution in [0.15, 0.2) is 46.1 Å². The largest absolute Gasteiger partial charge is 0.310 e. The molecule has 2 aromatic heterocycles. The molecule has 2 heterocycles. The molecule has 6 heteroatoms. The molecule has 3 aromatic rings. The monoisotopic (exact) mass is 323 g/mol. The van der Waals surface area contributed by atoms with Crippen molar-refractivity contribution >= 4 is 33.0 Å². The molecule has 0 aliphatic heterocycles. The van der Waals surface area contributed by atoms with Gasteiger partial charge in [-0.1, -0.05) is 23.7 Å². The van der Waals surface area contributed by atoms with E-state index >= 15 is 0 Å². The molecular formula is C12H7BrClN3O. The molecule has 0 saturated heterocycles. The number of hydrogen-bond acceptors (Lipinski definition) is 2. The normalized spacial score (nSPS) is 11.0. The average molecular weight is 325 g/mol. The minimum atomic E-state index is -0.175. The Hall–Kier alpha value is -1.59. The van der Waals surface area contributed by atoms with Gasteiger partial charge in [0.2, 0.25) is 0 Å². The Labute approximate surface area is 115 Å². The van der Waals surface area contributed by atoms with Crippen LogP contribution in [0.3, 0.4) is 0 Å². The second-order valence-electron chi connectivity index (χ2n) is 3.77. The summed E-state index contributed by atoms with van der Waals surface area (Å²) in [5, 5.41) is 4.77. The second kappa shape index (κ2) is 4.26. The van der Waals surface area contributed by atoms with Gasteiger partial charge < -0.3 is 4.98 Å². The van der Waals surface area contributed by atoms with E-state index < -0.39 is 0 Å². The van der Waals surface area contributed by atoms with Gasteiger partial charge in [0.15, 0.2) is 0 Å². The SMILES string of the molecule is O=c1[nH]cnn2c(Br)c(-c3ccc(Cl)cc3)cc12. The lowest BCUT2D eigenvalue weighted by atomic mass is 10.1. The number of hydrogen-bond donors (Lipinski definition) is 1. The molecule has 0 spiro atoms. The maximum absolute atomic E-state index is 11.7. The molecule has 90 valence electrons. The van der Waals surface area contributed by atoms with Gasteiger partial charge in [-0.15, -0.1) is 0 Å². The van der Waals surface area contributed by atoms with Crippen molar-refractivity contribution in [3.63, 3.8) is 0 Å². The van der Waals surface area contributed by atoms with E-state index in [0.29, 0.717) is 10.5 Å². The Morgan fingerprint density at radius 1 is 1.28 bits per heavy atom. The second-order valence-corrected chi connectivity index (χ2v) is 4.96. The van der Waals surface area contributed by atoms with E-state index in [-0.39, 0.29) is 5.56 Å². The molecule has 0 saturated carbocycles. The van der Waals surface area contributed by atoms with Crippen LogP contribution in [0.25, 0.3) is 16.6 Å². The first-order valence-electron chi connectivity index (χ1n) is 5.17. The van der Waals surface area contributed by atoms with Crippen LogP contribution in [0.4, 0.5) is 0 Å². The van der Waals surface area contributed by atoms with Crippen LogP contribution >= 0.6 is 27.5 Å². The maximum atomic E-state index is 11.7. The molecule has 0 unspecified atom stereocenters. The Morgan fingerprint density at radius 3 is 2.67 bits per heavy atom. The van der Waals surface area contributed by atoms with E-state index in [4.69, 9.17) is 11.6 Å². The lowest BCUT2D eigenvalue weighted by molar-refractivity contribution is 0.873. The summed E-state index contributed by atoms with van der Waals surface area (Å²) < 4.78 is 2.30. The van der Waals surface area contributed by atoms with Crippen molar-refractivity contribution in [2.45, 2.75) is 0 Å². The van der Waals surface area contributed by atoms with Crippen molar-refractivity contribution in [1.29, 1.82) is 0 Å². The first-order valence-corrected chi connectivity index (χ1v) is 6.35. The van der Waals surface area contributed by atoms with Crippen LogP contribution in [0.1, 0.15) is 0 Å². The Morgan fingerprint density at radius 2 is 2.00 bits per heavy atom. The van der Waals surface area contributed by atoms with Crippen LogP contribution in [-0.4, -0.2) is 14.6 Å². The summed E-state index contributed by atoms with van der Waals surface area (Å²) in [5.74, 6) is 0. The third-order valence-electron chi connectivity index (χ3n) is 2.67. The molecular weight excluding hydrogens is 318 g/mol. The van der Waals surface area contributed by atoms with Crippen molar-refractivity contribution in [2.24, 2.45) is 0 Å².